The zero-order chi connectivity index (χ0) is 13.5. The Hall–Kier alpha value is -0.860. The molecule has 2 heteroatoms. The SMILES string of the molecule is CCC(C)N(CC)CCC(N)c1cccc(C)c1. The van der Waals surface area contributed by atoms with Crippen molar-refractivity contribution in [2.24, 2.45) is 5.73 Å². The minimum absolute atomic E-state index is 0.156. The third-order valence-corrected chi connectivity index (χ3v) is 3.82. The zero-order valence-corrected chi connectivity index (χ0v) is 12.3. The van der Waals surface area contributed by atoms with Crippen LogP contribution >= 0.6 is 0 Å². The van der Waals surface area contributed by atoms with E-state index in [2.05, 4.69) is 56.9 Å². The fraction of sp³-hybridized carbons (Fsp3) is 0.625. The van der Waals surface area contributed by atoms with E-state index in [1.54, 1.807) is 0 Å². The molecule has 2 unspecified atom stereocenters. The molecule has 0 spiro atoms. The van der Waals surface area contributed by atoms with Gasteiger partial charge in [0, 0.05) is 18.6 Å². The highest BCUT2D eigenvalue weighted by Crippen LogP contribution is 2.16. The van der Waals surface area contributed by atoms with E-state index in [4.69, 9.17) is 5.73 Å². The van der Waals surface area contributed by atoms with Gasteiger partial charge in [-0.1, -0.05) is 43.7 Å². The molecule has 0 fully saturated rings. The summed E-state index contributed by atoms with van der Waals surface area (Å²) in [5.74, 6) is 0. The first-order valence-corrected chi connectivity index (χ1v) is 7.14. The number of nitrogens with zero attached hydrogens (tertiary/aromatic N) is 1. The number of benzene rings is 1. The van der Waals surface area contributed by atoms with Crippen molar-refractivity contribution in [3.8, 4) is 0 Å². The second-order valence-electron chi connectivity index (χ2n) is 5.20. The van der Waals surface area contributed by atoms with Gasteiger partial charge in [0.1, 0.15) is 0 Å². The Bertz CT molecular complexity index is 349. The van der Waals surface area contributed by atoms with Gasteiger partial charge in [0.05, 0.1) is 0 Å². The molecular weight excluding hydrogens is 220 g/mol. The number of aryl methyl sites for hydroxylation is 1. The van der Waals surface area contributed by atoms with E-state index in [-0.39, 0.29) is 6.04 Å². The fourth-order valence-corrected chi connectivity index (χ4v) is 2.32. The van der Waals surface area contributed by atoms with Crippen LogP contribution in [0.2, 0.25) is 0 Å². The molecule has 2 N–H and O–H groups in total. The number of rotatable bonds is 7. The Morgan fingerprint density at radius 3 is 2.56 bits per heavy atom. The predicted molar refractivity (Wildman–Crippen MR) is 79.7 cm³/mol. The van der Waals surface area contributed by atoms with Crippen LogP contribution in [0.5, 0.6) is 0 Å². The second-order valence-corrected chi connectivity index (χ2v) is 5.20. The van der Waals surface area contributed by atoms with Gasteiger partial charge in [0.25, 0.3) is 0 Å². The van der Waals surface area contributed by atoms with Crippen molar-refractivity contribution < 1.29 is 0 Å². The molecule has 0 aliphatic heterocycles. The first-order valence-electron chi connectivity index (χ1n) is 7.14. The van der Waals surface area contributed by atoms with Crippen LogP contribution in [-0.2, 0) is 0 Å². The molecule has 0 saturated heterocycles. The van der Waals surface area contributed by atoms with Crippen molar-refractivity contribution in [2.45, 2.75) is 52.6 Å². The second kappa shape index (κ2) is 7.55. The molecule has 0 radical (unpaired) electrons. The van der Waals surface area contributed by atoms with E-state index in [1.807, 2.05) is 0 Å². The summed E-state index contributed by atoms with van der Waals surface area (Å²) in [5, 5.41) is 0. The molecule has 0 heterocycles. The van der Waals surface area contributed by atoms with E-state index >= 15 is 0 Å². The van der Waals surface area contributed by atoms with E-state index in [9.17, 15) is 0 Å². The fourth-order valence-electron chi connectivity index (χ4n) is 2.32. The van der Waals surface area contributed by atoms with E-state index in [1.165, 1.54) is 17.5 Å². The molecule has 1 aromatic carbocycles. The van der Waals surface area contributed by atoms with Gasteiger partial charge in [-0.25, -0.2) is 0 Å². The highest BCUT2D eigenvalue weighted by molar-refractivity contribution is 5.24. The molecule has 102 valence electrons. The molecule has 0 aliphatic carbocycles. The quantitative estimate of drug-likeness (QED) is 0.800. The number of nitrogens with two attached hydrogens (primary N) is 1. The molecule has 0 aromatic heterocycles. The van der Waals surface area contributed by atoms with Gasteiger partial charge in [0.2, 0.25) is 0 Å². The van der Waals surface area contributed by atoms with E-state index in [0.717, 1.165) is 19.5 Å². The Kier molecular flexibility index (Phi) is 6.37. The molecule has 1 rings (SSSR count). The standard InChI is InChI=1S/C16H28N2/c1-5-14(4)18(6-2)11-10-16(17)15-9-7-8-13(3)12-15/h7-9,12,14,16H,5-6,10-11,17H2,1-4H3. The van der Waals surface area contributed by atoms with Gasteiger partial charge in [-0.3, -0.25) is 0 Å². The van der Waals surface area contributed by atoms with Gasteiger partial charge in [-0.2, -0.15) is 0 Å². The summed E-state index contributed by atoms with van der Waals surface area (Å²) in [5.41, 5.74) is 8.83. The predicted octanol–water partition coefficient (Wildman–Crippen LogP) is 3.51. The Balaban J connectivity index is 2.52. The minimum atomic E-state index is 0.156. The average Bonchev–Trinajstić information content (AvgIpc) is 2.38. The van der Waals surface area contributed by atoms with Crippen molar-refractivity contribution >= 4 is 0 Å². The third kappa shape index (κ3) is 4.43. The zero-order valence-electron chi connectivity index (χ0n) is 12.3. The van der Waals surface area contributed by atoms with Gasteiger partial charge < -0.3 is 10.6 Å². The summed E-state index contributed by atoms with van der Waals surface area (Å²) in [6.07, 6.45) is 2.23. The normalized spacial score (nSPS) is 14.8. The van der Waals surface area contributed by atoms with Crippen LogP contribution in [0.4, 0.5) is 0 Å². The average molecular weight is 248 g/mol. The van der Waals surface area contributed by atoms with Crippen molar-refractivity contribution in [3.63, 3.8) is 0 Å². The number of hydrogen-bond acceptors (Lipinski definition) is 2. The third-order valence-electron chi connectivity index (χ3n) is 3.82. The van der Waals surface area contributed by atoms with Crippen LogP contribution in [0.15, 0.2) is 24.3 Å². The summed E-state index contributed by atoms with van der Waals surface area (Å²) in [6.45, 7) is 11.1. The van der Waals surface area contributed by atoms with Gasteiger partial charge >= 0.3 is 0 Å². The number of hydrogen-bond donors (Lipinski definition) is 1. The largest absolute Gasteiger partial charge is 0.324 e. The lowest BCUT2D eigenvalue weighted by molar-refractivity contribution is 0.207. The summed E-state index contributed by atoms with van der Waals surface area (Å²) in [4.78, 5) is 2.51. The lowest BCUT2D eigenvalue weighted by atomic mass is 10.0. The minimum Gasteiger partial charge on any atom is -0.324 e. The Morgan fingerprint density at radius 1 is 1.28 bits per heavy atom. The summed E-state index contributed by atoms with van der Waals surface area (Å²) < 4.78 is 0. The van der Waals surface area contributed by atoms with Crippen LogP contribution in [0.3, 0.4) is 0 Å². The Morgan fingerprint density at radius 2 is 2.00 bits per heavy atom. The lowest BCUT2D eigenvalue weighted by Crippen LogP contribution is -2.34. The van der Waals surface area contributed by atoms with Crippen molar-refractivity contribution in [1.29, 1.82) is 0 Å². The van der Waals surface area contributed by atoms with Crippen LogP contribution in [-0.4, -0.2) is 24.0 Å². The van der Waals surface area contributed by atoms with Crippen LogP contribution in [0, 0.1) is 6.92 Å². The maximum Gasteiger partial charge on any atom is 0.0307 e. The maximum atomic E-state index is 6.28. The molecule has 0 amide bonds. The van der Waals surface area contributed by atoms with Gasteiger partial charge in [0.15, 0.2) is 0 Å². The van der Waals surface area contributed by atoms with Crippen molar-refractivity contribution in [2.75, 3.05) is 13.1 Å². The van der Waals surface area contributed by atoms with Gasteiger partial charge in [-0.15, -0.1) is 0 Å². The molecule has 1 aromatic rings. The highest BCUT2D eigenvalue weighted by Gasteiger charge is 2.12. The summed E-state index contributed by atoms with van der Waals surface area (Å²) >= 11 is 0. The smallest absolute Gasteiger partial charge is 0.0307 e. The van der Waals surface area contributed by atoms with Crippen LogP contribution in [0.25, 0.3) is 0 Å². The monoisotopic (exact) mass is 248 g/mol. The molecule has 0 saturated carbocycles. The van der Waals surface area contributed by atoms with Crippen molar-refractivity contribution in [1.82, 2.24) is 4.90 Å². The molecule has 18 heavy (non-hydrogen) atoms. The van der Waals surface area contributed by atoms with Crippen LogP contribution in [0.1, 0.15) is 50.8 Å². The van der Waals surface area contributed by atoms with Gasteiger partial charge in [-0.05, 0) is 38.8 Å². The van der Waals surface area contributed by atoms with E-state index < -0.39 is 0 Å². The maximum absolute atomic E-state index is 6.28. The lowest BCUT2D eigenvalue weighted by Gasteiger charge is -2.28. The first kappa shape index (κ1) is 15.2. The summed E-state index contributed by atoms with van der Waals surface area (Å²) in [6, 6.07) is 9.36. The van der Waals surface area contributed by atoms with Crippen molar-refractivity contribution in [3.05, 3.63) is 35.4 Å². The van der Waals surface area contributed by atoms with E-state index in [0.29, 0.717) is 6.04 Å². The Labute approximate surface area is 112 Å². The molecule has 2 nitrogen and oxygen atoms in total. The topological polar surface area (TPSA) is 29.3 Å². The molecule has 0 bridgehead atoms. The first-order chi connectivity index (χ1) is 8.58. The molecule has 0 aliphatic rings. The van der Waals surface area contributed by atoms with Crippen LogP contribution < -0.4 is 5.73 Å². The molecular formula is C16H28N2. The summed E-state index contributed by atoms with van der Waals surface area (Å²) in [7, 11) is 0. The molecule has 2 atom stereocenters. The highest BCUT2D eigenvalue weighted by atomic mass is 15.1.